The van der Waals surface area contributed by atoms with Crippen LogP contribution in [-0.2, 0) is 0 Å². The van der Waals surface area contributed by atoms with E-state index in [1.165, 1.54) is 18.3 Å². The second kappa shape index (κ2) is 3.29. The van der Waals surface area contributed by atoms with Crippen LogP contribution in [0, 0.1) is 0 Å². The van der Waals surface area contributed by atoms with Crippen LogP contribution in [0.5, 0.6) is 5.75 Å². The fourth-order valence-corrected chi connectivity index (χ4v) is 1.12. The fraction of sp³-hybridized carbons (Fsp3) is 0. The maximum absolute atomic E-state index is 11.6. The molecule has 1 aromatic heterocycles. The number of aromatic hydroxyl groups is 1. The molecule has 0 aliphatic rings. The third kappa shape index (κ3) is 1.35. The maximum atomic E-state index is 11.6. The topological polar surface area (TPSA) is 78.9 Å². The molecule has 0 aliphatic heterocycles. The van der Waals surface area contributed by atoms with E-state index >= 15 is 0 Å². The van der Waals surface area contributed by atoms with Crippen LogP contribution in [0.2, 0.25) is 0 Å². The van der Waals surface area contributed by atoms with Crippen molar-refractivity contribution in [1.82, 2.24) is 15.4 Å². The summed E-state index contributed by atoms with van der Waals surface area (Å²) in [7, 11) is 0. The molecule has 0 aliphatic carbocycles. The quantitative estimate of drug-likeness (QED) is 0.683. The molecule has 2 rings (SSSR count). The molecule has 0 spiro atoms. The van der Waals surface area contributed by atoms with Gasteiger partial charge in [-0.2, -0.15) is 0 Å². The predicted molar refractivity (Wildman–Crippen MR) is 47.9 cm³/mol. The first-order valence-electron chi connectivity index (χ1n) is 3.98. The molecule has 70 valence electrons. The first kappa shape index (κ1) is 8.43. The molecule has 5 heteroatoms. The number of carbonyl (C=O) groups is 1. The molecule has 5 nitrogen and oxygen atoms in total. The van der Waals surface area contributed by atoms with Crippen molar-refractivity contribution in [2.24, 2.45) is 0 Å². The number of rotatable bonds is 2. The van der Waals surface area contributed by atoms with Crippen molar-refractivity contribution in [3.63, 3.8) is 0 Å². The Balaban J connectivity index is 2.42. The zero-order valence-corrected chi connectivity index (χ0v) is 7.14. The summed E-state index contributed by atoms with van der Waals surface area (Å²) in [4.78, 5) is 11.6. The number of phenolic OH excluding ortho intramolecular Hbond substituents is 1. The molecule has 0 atom stereocenters. The number of carbonyl (C=O) groups excluding carboxylic acids is 1. The van der Waals surface area contributed by atoms with E-state index in [2.05, 4.69) is 15.4 Å². The van der Waals surface area contributed by atoms with Gasteiger partial charge < -0.3 is 5.11 Å². The molecule has 0 saturated heterocycles. The number of aromatic nitrogens is 3. The summed E-state index contributed by atoms with van der Waals surface area (Å²) < 4.78 is 0. The van der Waals surface area contributed by atoms with Crippen molar-refractivity contribution in [2.45, 2.75) is 0 Å². The third-order valence-corrected chi connectivity index (χ3v) is 1.80. The lowest BCUT2D eigenvalue weighted by atomic mass is 10.1. The first-order chi connectivity index (χ1) is 6.79. The number of hydrogen-bond acceptors (Lipinski definition) is 4. The van der Waals surface area contributed by atoms with Gasteiger partial charge in [0.2, 0.25) is 5.78 Å². The highest BCUT2D eigenvalue weighted by Crippen LogP contribution is 2.18. The molecule has 0 fully saturated rings. The van der Waals surface area contributed by atoms with Crippen molar-refractivity contribution in [3.05, 3.63) is 41.7 Å². The van der Waals surface area contributed by atoms with Gasteiger partial charge in [0.1, 0.15) is 5.75 Å². The van der Waals surface area contributed by atoms with Crippen LogP contribution in [0.4, 0.5) is 0 Å². The van der Waals surface area contributed by atoms with Crippen LogP contribution in [0.15, 0.2) is 30.5 Å². The zero-order valence-electron chi connectivity index (χ0n) is 7.14. The minimum Gasteiger partial charge on any atom is -0.507 e. The van der Waals surface area contributed by atoms with E-state index in [0.717, 1.165) is 0 Å². The van der Waals surface area contributed by atoms with E-state index in [9.17, 15) is 9.90 Å². The van der Waals surface area contributed by atoms with Crippen molar-refractivity contribution in [2.75, 3.05) is 0 Å². The van der Waals surface area contributed by atoms with Gasteiger partial charge in [-0.1, -0.05) is 17.3 Å². The summed E-state index contributed by atoms with van der Waals surface area (Å²) >= 11 is 0. The third-order valence-electron chi connectivity index (χ3n) is 1.80. The normalized spacial score (nSPS) is 10.0. The summed E-state index contributed by atoms with van der Waals surface area (Å²) in [5.41, 5.74) is 0.410. The number of nitrogens with zero attached hydrogens (tertiary/aromatic N) is 2. The summed E-state index contributed by atoms with van der Waals surface area (Å²) in [6, 6.07) is 6.31. The Labute approximate surface area is 79.4 Å². The molecule has 0 bridgehead atoms. The highest BCUT2D eigenvalue weighted by molar-refractivity contribution is 6.09. The highest BCUT2D eigenvalue weighted by Gasteiger charge is 2.14. The molecule has 2 aromatic rings. The molecule has 14 heavy (non-hydrogen) atoms. The first-order valence-corrected chi connectivity index (χ1v) is 3.98. The smallest absolute Gasteiger partial charge is 0.218 e. The van der Waals surface area contributed by atoms with E-state index in [0.29, 0.717) is 0 Å². The van der Waals surface area contributed by atoms with Gasteiger partial charge in [-0.15, -0.1) is 5.10 Å². The minimum absolute atomic E-state index is 0.0551. The van der Waals surface area contributed by atoms with Crippen LogP contribution in [0.3, 0.4) is 0 Å². The molecule has 1 heterocycles. The summed E-state index contributed by atoms with van der Waals surface area (Å²) in [6.45, 7) is 0. The summed E-state index contributed by atoms with van der Waals surface area (Å²) in [5.74, 6) is -0.405. The second-order valence-corrected chi connectivity index (χ2v) is 2.70. The Morgan fingerprint density at radius 2 is 2.14 bits per heavy atom. The van der Waals surface area contributed by atoms with Crippen LogP contribution in [0.25, 0.3) is 0 Å². The molecule has 1 aromatic carbocycles. The van der Waals surface area contributed by atoms with Gasteiger partial charge in [-0.05, 0) is 12.1 Å². The van der Waals surface area contributed by atoms with Crippen LogP contribution < -0.4 is 0 Å². The van der Waals surface area contributed by atoms with Gasteiger partial charge >= 0.3 is 0 Å². The lowest BCUT2D eigenvalue weighted by Gasteiger charge is -1.99. The molecular formula is C9H7N3O2. The minimum atomic E-state index is -0.350. The van der Waals surface area contributed by atoms with Gasteiger partial charge in [0.15, 0.2) is 5.69 Å². The Bertz CT molecular complexity index is 451. The molecular weight excluding hydrogens is 182 g/mol. The van der Waals surface area contributed by atoms with Gasteiger partial charge in [0.25, 0.3) is 0 Å². The standard InChI is InChI=1S/C9H7N3O2/c13-8-4-2-1-3-6(8)9(14)7-5-10-12-11-7/h1-5,13H,(H,10,11,12). The van der Waals surface area contributed by atoms with Crippen molar-refractivity contribution in [1.29, 1.82) is 0 Å². The maximum Gasteiger partial charge on any atom is 0.218 e. The van der Waals surface area contributed by atoms with Crippen molar-refractivity contribution >= 4 is 5.78 Å². The lowest BCUT2D eigenvalue weighted by Crippen LogP contribution is -2.01. The van der Waals surface area contributed by atoms with E-state index in [1.807, 2.05) is 0 Å². The number of ketones is 1. The molecule has 0 radical (unpaired) electrons. The average Bonchev–Trinajstić information content (AvgIpc) is 2.70. The predicted octanol–water partition coefficient (Wildman–Crippen LogP) is 0.741. The largest absolute Gasteiger partial charge is 0.507 e. The Morgan fingerprint density at radius 3 is 2.79 bits per heavy atom. The van der Waals surface area contributed by atoms with Crippen LogP contribution in [-0.4, -0.2) is 26.3 Å². The molecule has 0 saturated carbocycles. The molecule has 2 N–H and O–H groups in total. The number of nitrogens with one attached hydrogen (secondary N) is 1. The number of benzene rings is 1. The van der Waals surface area contributed by atoms with E-state index in [-0.39, 0.29) is 22.8 Å². The van der Waals surface area contributed by atoms with Gasteiger partial charge in [0.05, 0.1) is 11.8 Å². The fourth-order valence-electron chi connectivity index (χ4n) is 1.12. The van der Waals surface area contributed by atoms with Crippen molar-refractivity contribution < 1.29 is 9.90 Å². The zero-order chi connectivity index (χ0) is 9.97. The van der Waals surface area contributed by atoms with Crippen LogP contribution >= 0.6 is 0 Å². The van der Waals surface area contributed by atoms with Gasteiger partial charge in [0, 0.05) is 0 Å². The van der Waals surface area contributed by atoms with E-state index < -0.39 is 0 Å². The number of aromatic amines is 1. The monoisotopic (exact) mass is 189 g/mol. The Hall–Kier alpha value is -2.17. The van der Waals surface area contributed by atoms with E-state index in [4.69, 9.17) is 0 Å². The van der Waals surface area contributed by atoms with Crippen LogP contribution in [0.1, 0.15) is 16.1 Å². The summed E-state index contributed by atoms with van der Waals surface area (Å²) in [6.07, 6.45) is 1.38. The Kier molecular flexibility index (Phi) is 1.98. The van der Waals surface area contributed by atoms with Gasteiger partial charge in [-0.3, -0.25) is 9.89 Å². The molecule has 0 unspecified atom stereocenters. The van der Waals surface area contributed by atoms with E-state index in [1.54, 1.807) is 12.1 Å². The van der Waals surface area contributed by atoms with Gasteiger partial charge in [-0.25, -0.2) is 0 Å². The number of para-hydroxylation sites is 1. The lowest BCUT2D eigenvalue weighted by molar-refractivity contribution is 0.103. The summed E-state index contributed by atoms with van der Waals surface area (Å²) in [5, 5.41) is 18.8. The highest BCUT2D eigenvalue weighted by atomic mass is 16.3. The SMILES string of the molecule is O=C(c1c[nH]nn1)c1ccccc1O. The van der Waals surface area contributed by atoms with Crippen molar-refractivity contribution in [3.8, 4) is 5.75 Å². The molecule has 0 amide bonds. The number of hydrogen-bond donors (Lipinski definition) is 2. The average molecular weight is 189 g/mol. The Morgan fingerprint density at radius 1 is 1.36 bits per heavy atom. The second-order valence-electron chi connectivity index (χ2n) is 2.70. The number of phenols is 1. The number of H-pyrrole nitrogens is 1.